The first-order valence-electron chi connectivity index (χ1n) is 6.13. The molecule has 0 spiro atoms. The van der Waals surface area contributed by atoms with Gasteiger partial charge in [0.2, 0.25) is 0 Å². The Hall–Kier alpha value is -0.650. The van der Waals surface area contributed by atoms with Gasteiger partial charge < -0.3 is 9.84 Å². The molecule has 2 aromatic rings. The van der Waals surface area contributed by atoms with Crippen LogP contribution in [0.5, 0.6) is 0 Å². The first kappa shape index (κ1) is 14.8. The normalized spacial score (nSPS) is 13.3. The van der Waals surface area contributed by atoms with Crippen molar-refractivity contribution in [1.82, 2.24) is 4.90 Å². The Balaban J connectivity index is 2.06. The molecule has 1 aromatic carbocycles. The smallest absolute Gasteiger partial charge is 0.0900 e. The zero-order chi connectivity index (χ0) is 13.8. The van der Waals surface area contributed by atoms with Gasteiger partial charge in [0.1, 0.15) is 0 Å². The van der Waals surface area contributed by atoms with Gasteiger partial charge in [-0.3, -0.25) is 4.90 Å². The third kappa shape index (κ3) is 3.68. The van der Waals surface area contributed by atoms with Crippen molar-refractivity contribution in [1.29, 1.82) is 0 Å². The molecule has 0 saturated heterocycles. The number of likely N-dealkylation sites (N-methyl/N-ethyl adjacent to an activating group) is 1. The Morgan fingerprint density at radius 2 is 2.16 bits per heavy atom. The van der Waals surface area contributed by atoms with Crippen molar-refractivity contribution in [2.24, 2.45) is 0 Å². The zero-order valence-electron chi connectivity index (χ0n) is 11.1. The summed E-state index contributed by atoms with van der Waals surface area (Å²) in [6.07, 6.45) is -0.469. The Morgan fingerprint density at radius 1 is 1.42 bits per heavy atom. The molecule has 0 radical (unpaired) electrons. The summed E-state index contributed by atoms with van der Waals surface area (Å²) in [4.78, 5) is 3.19. The van der Waals surface area contributed by atoms with E-state index in [4.69, 9.17) is 16.3 Å². The minimum absolute atomic E-state index is 0.352. The number of ether oxygens (including phenoxy) is 1. The largest absolute Gasteiger partial charge is 0.389 e. The molecule has 0 fully saturated rings. The number of halogens is 1. The van der Waals surface area contributed by atoms with Gasteiger partial charge in [-0.05, 0) is 13.1 Å². The van der Waals surface area contributed by atoms with E-state index in [0.29, 0.717) is 13.2 Å². The number of methoxy groups -OCH3 is 1. The Labute approximate surface area is 122 Å². The topological polar surface area (TPSA) is 32.7 Å². The lowest BCUT2D eigenvalue weighted by atomic mass is 10.2. The van der Waals surface area contributed by atoms with Crippen LogP contribution in [-0.4, -0.2) is 43.4 Å². The molecule has 1 aromatic heterocycles. The van der Waals surface area contributed by atoms with E-state index >= 15 is 0 Å². The number of nitrogens with zero attached hydrogens (tertiary/aromatic N) is 1. The predicted molar refractivity (Wildman–Crippen MR) is 81.1 cm³/mol. The molecule has 1 heterocycles. The summed E-state index contributed by atoms with van der Waals surface area (Å²) in [6.45, 7) is 1.65. The van der Waals surface area contributed by atoms with Crippen LogP contribution in [0.15, 0.2) is 24.3 Å². The summed E-state index contributed by atoms with van der Waals surface area (Å²) in [5, 5.41) is 11.6. The van der Waals surface area contributed by atoms with Crippen LogP contribution in [0.1, 0.15) is 4.88 Å². The van der Waals surface area contributed by atoms with Crippen molar-refractivity contribution in [3.05, 3.63) is 34.2 Å². The lowest BCUT2D eigenvalue weighted by molar-refractivity contribution is 0.0420. The molecule has 19 heavy (non-hydrogen) atoms. The lowest BCUT2D eigenvalue weighted by Gasteiger charge is -2.19. The minimum atomic E-state index is -0.469. The molecule has 0 saturated carbocycles. The highest BCUT2D eigenvalue weighted by Crippen LogP contribution is 2.35. The molecule has 1 unspecified atom stereocenters. The lowest BCUT2D eigenvalue weighted by Crippen LogP contribution is -2.31. The SMILES string of the molecule is COCC(O)CN(C)Cc1sc2ccccc2c1Cl. The third-order valence-corrected chi connectivity index (χ3v) is 4.60. The van der Waals surface area contributed by atoms with E-state index in [9.17, 15) is 5.11 Å². The van der Waals surface area contributed by atoms with Gasteiger partial charge in [-0.2, -0.15) is 0 Å². The fourth-order valence-electron chi connectivity index (χ4n) is 2.08. The van der Waals surface area contributed by atoms with E-state index in [-0.39, 0.29) is 0 Å². The van der Waals surface area contributed by atoms with Gasteiger partial charge in [-0.15, -0.1) is 11.3 Å². The van der Waals surface area contributed by atoms with Crippen LogP contribution in [0.4, 0.5) is 0 Å². The van der Waals surface area contributed by atoms with Gasteiger partial charge in [0.15, 0.2) is 0 Å². The fourth-order valence-corrected chi connectivity index (χ4v) is 3.65. The molecule has 0 bridgehead atoms. The molecular weight excluding hydrogens is 282 g/mol. The van der Waals surface area contributed by atoms with E-state index in [1.165, 1.54) is 4.70 Å². The van der Waals surface area contributed by atoms with Crippen molar-refractivity contribution in [2.45, 2.75) is 12.6 Å². The van der Waals surface area contributed by atoms with Crippen LogP contribution in [-0.2, 0) is 11.3 Å². The summed E-state index contributed by atoms with van der Waals surface area (Å²) in [5.41, 5.74) is 0. The van der Waals surface area contributed by atoms with Crippen LogP contribution < -0.4 is 0 Å². The molecular formula is C14H18ClNO2S. The van der Waals surface area contributed by atoms with Crippen molar-refractivity contribution < 1.29 is 9.84 Å². The number of aliphatic hydroxyl groups excluding tert-OH is 1. The second-order valence-corrected chi connectivity index (χ2v) is 6.16. The average Bonchev–Trinajstić information content (AvgIpc) is 2.67. The predicted octanol–water partition coefficient (Wildman–Crippen LogP) is 2.99. The molecule has 3 nitrogen and oxygen atoms in total. The minimum Gasteiger partial charge on any atom is -0.389 e. The number of thiophene rings is 1. The van der Waals surface area contributed by atoms with Crippen molar-refractivity contribution in [3.63, 3.8) is 0 Å². The van der Waals surface area contributed by atoms with Crippen LogP contribution >= 0.6 is 22.9 Å². The second-order valence-electron chi connectivity index (χ2n) is 4.64. The number of benzene rings is 1. The standard InChI is InChI=1S/C14H18ClNO2S/c1-16(7-10(17)9-18-2)8-13-14(15)11-5-3-4-6-12(11)19-13/h3-6,10,17H,7-9H2,1-2H3. The van der Waals surface area contributed by atoms with Crippen LogP contribution in [0.25, 0.3) is 10.1 Å². The van der Waals surface area contributed by atoms with Gasteiger partial charge in [0.25, 0.3) is 0 Å². The molecule has 1 N–H and O–H groups in total. The maximum atomic E-state index is 9.71. The highest BCUT2D eigenvalue weighted by molar-refractivity contribution is 7.19. The molecule has 0 aliphatic heterocycles. The first-order valence-corrected chi connectivity index (χ1v) is 7.32. The Kier molecular flexibility index (Phi) is 5.19. The van der Waals surface area contributed by atoms with Crippen molar-refractivity contribution in [3.8, 4) is 0 Å². The van der Waals surface area contributed by atoms with Gasteiger partial charge in [-0.25, -0.2) is 0 Å². The molecule has 0 aliphatic carbocycles. The molecule has 1 atom stereocenters. The van der Waals surface area contributed by atoms with Crippen LogP contribution in [0, 0.1) is 0 Å². The van der Waals surface area contributed by atoms with E-state index in [1.807, 2.05) is 25.2 Å². The van der Waals surface area contributed by atoms with E-state index in [1.54, 1.807) is 18.4 Å². The maximum Gasteiger partial charge on any atom is 0.0900 e. The Bertz CT molecular complexity index is 543. The second kappa shape index (κ2) is 6.68. The number of rotatable bonds is 6. The summed E-state index contributed by atoms with van der Waals surface area (Å²) >= 11 is 8.10. The van der Waals surface area contributed by atoms with Crippen LogP contribution in [0.2, 0.25) is 5.02 Å². The van der Waals surface area contributed by atoms with Gasteiger partial charge >= 0.3 is 0 Å². The highest BCUT2D eigenvalue weighted by atomic mass is 35.5. The van der Waals surface area contributed by atoms with Crippen LogP contribution in [0.3, 0.4) is 0 Å². The molecule has 0 amide bonds. The summed E-state index contributed by atoms with van der Waals surface area (Å²) in [5.74, 6) is 0. The summed E-state index contributed by atoms with van der Waals surface area (Å²) in [6, 6.07) is 8.13. The Morgan fingerprint density at radius 3 is 2.84 bits per heavy atom. The van der Waals surface area contributed by atoms with Crippen molar-refractivity contribution in [2.75, 3.05) is 27.3 Å². The summed E-state index contributed by atoms with van der Waals surface area (Å²) in [7, 11) is 3.56. The molecule has 104 valence electrons. The quantitative estimate of drug-likeness (QED) is 0.890. The molecule has 2 rings (SSSR count). The van der Waals surface area contributed by atoms with Gasteiger partial charge in [-0.1, -0.05) is 29.8 Å². The average molecular weight is 300 g/mol. The maximum absolute atomic E-state index is 9.71. The van der Waals surface area contributed by atoms with E-state index < -0.39 is 6.10 Å². The molecule has 0 aliphatic rings. The number of hydrogen-bond donors (Lipinski definition) is 1. The first-order chi connectivity index (χ1) is 9.11. The number of fused-ring (bicyclic) bond motifs is 1. The number of aliphatic hydroxyl groups is 1. The van der Waals surface area contributed by atoms with Gasteiger partial charge in [0.05, 0.1) is 17.7 Å². The third-order valence-electron chi connectivity index (χ3n) is 2.90. The van der Waals surface area contributed by atoms with Gasteiger partial charge in [0, 0.05) is 35.2 Å². The number of hydrogen-bond acceptors (Lipinski definition) is 4. The monoisotopic (exact) mass is 299 g/mol. The highest BCUT2D eigenvalue weighted by Gasteiger charge is 2.13. The van der Waals surface area contributed by atoms with E-state index in [2.05, 4.69) is 11.0 Å². The fraction of sp³-hybridized carbons (Fsp3) is 0.429. The van der Waals surface area contributed by atoms with E-state index in [0.717, 1.165) is 21.8 Å². The summed E-state index contributed by atoms with van der Waals surface area (Å²) < 4.78 is 6.13. The zero-order valence-corrected chi connectivity index (χ0v) is 12.7. The van der Waals surface area contributed by atoms with Crippen molar-refractivity contribution >= 4 is 33.0 Å². The molecule has 5 heteroatoms.